The summed E-state index contributed by atoms with van der Waals surface area (Å²) in [6.45, 7) is 6.63. The van der Waals surface area contributed by atoms with Gasteiger partial charge in [-0.3, -0.25) is 4.79 Å². The molecule has 0 radical (unpaired) electrons. The average molecular weight is 452 g/mol. The van der Waals surface area contributed by atoms with Gasteiger partial charge in [0.15, 0.2) is 0 Å². The molecule has 1 aliphatic heterocycles. The fourth-order valence-electron chi connectivity index (χ4n) is 4.85. The first kappa shape index (κ1) is 24.8. The highest BCUT2D eigenvalue weighted by molar-refractivity contribution is 5.91. The first-order chi connectivity index (χ1) is 16.0. The van der Waals surface area contributed by atoms with Gasteiger partial charge in [-0.15, -0.1) is 0 Å². The Kier molecular flexibility index (Phi) is 8.89. The largest absolute Gasteiger partial charge is 0.495 e. The number of carbonyl (C=O) groups excluding carboxylic acids is 2. The standard InChI is InChI=1S/C27H37N3O3/c1-4-15-27(21(2)31)16-19-30(20-17-27)18-14-23(22-10-6-5-7-11-22)28-26(32)29-24-12-8-9-13-25(24)33-3/h5-13,23H,4,14-20H2,1-3H3,(H2,28,29,32). The van der Waals surface area contributed by atoms with E-state index in [-0.39, 0.29) is 17.5 Å². The van der Waals surface area contributed by atoms with Crippen LogP contribution in [0, 0.1) is 5.41 Å². The summed E-state index contributed by atoms with van der Waals surface area (Å²) < 4.78 is 5.34. The molecule has 6 heteroatoms. The van der Waals surface area contributed by atoms with Crippen LogP contribution >= 0.6 is 0 Å². The Balaban J connectivity index is 1.61. The van der Waals surface area contributed by atoms with E-state index in [1.54, 1.807) is 14.0 Å². The molecule has 178 valence electrons. The van der Waals surface area contributed by atoms with Gasteiger partial charge in [-0.2, -0.15) is 0 Å². The number of likely N-dealkylation sites (tertiary alicyclic amines) is 1. The van der Waals surface area contributed by atoms with Crippen LogP contribution in [0.3, 0.4) is 0 Å². The van der Waals surface area contributed by atoms with E-state index in [1.165, 1.54) is 0 Å². The van der Waals surface area contributed by atoms with Crippen molar-refractivity contribution >= 4 is 17.5 Å². The number of rotatable bonds is 10. The number of hydrogen-bond donors (Lipinski definition) is 2. The number of hydrogen-bond acceptors (Lipinski definition) is 4. The zero-order chi connectivity index (χ0) is 23.7. The summed E-state index contributed by atoms with van der Waals surface area (Å²) in [7, 11) is 1.59. The van der Waals surface area contributed by atoms with Crippen molar-refractivity contribution < 1.29 is 14.3 Å². The molecule has 1 unspecified atom stereocenters. The molecule has 2 amide bonds. The third-order valence-electron chi connectivity index (χ3n) is 6.89. The Morgan fingerprint density at radius 1 is 1.06 bits per heavy atom. The second-order valence-corrected chi connectivity index (χ2v) is 8.98. The zero-order valence-electron chi connectivity index (χ0n) is 20.1. The monoisotopic (exact) mass is 451 g/mol. The minimum Gasteiger partial charge on any atom is -0.495 e. The van der Waals surface area contributed by atoms with Crippen LogP contribution in [0.2, 0.25) is 0 Å². The van der Waals surface area contributed by atoms with E-state index in [2.05, 4.69) is 22.5 Å². The maximum Gasteiger partial charge on any atom is 0.319 e. The summed E-state index contributed by atoms with van der Waals surface area (Å²) in [4.78, 5) is 27.5. The summed E-state index contributed by atoms with van der Waals surface area (Å²) in [5.41, 5.74) is 1.57. The molecule has 3 rings (SSSR count). The van der Waals surface area contributed by atoms with Crippen molar-refractivity contribution in [2.75, 3.05) is 32.1 Å². The highest BCUT2D eigenvalue weighted by Gasteiger charge is 2.37. The highest BCUT2D eigenvalue weighted by Crippen LogP contribution is 2.37. The Hall–Kier alpha value is -2.86. The number of anilines is 1. The van der Waals surface area contributed by atoms with Gasteiger partial charge in [0, 0.05) is 12.0 Å². The number of ether oxygens (including phenoxy) is 1. The molecule has 0 aliphatic carbocycles. The molecule has 2 N–H and O–H groups in total. The van der Waals surface area contributed by atoms with Crippen molar-refractivity contribution in [3.8, 4) is 5.75 Å². The zero-order valence-corrected chi connectivity index (χ0v) is 20.1. The number of amides is 2. The second kappa shape index (κ2) is 11.8. The molecule has 0 saturated carbocycles. The van der Waals surface area contributed by atoms with Gasteiger partial charge < -0.3 is 20.3 Å². The Labute approximate surface area is 197 Å². The van der Waals surface area contributed by atoms with Crippen LogP contribution in [0.25, 0.3) is 0 Å². The molecule has 1 fully saturated rings. The Bertz CT molecular complexity index is 908. The van der Waals surface area contributed by atoms with Gasteiger partial charge in [-0.25, -0.2) is 4.79 Å². The Morgan fingerprint density at radius 3 is 2.36 bits per heavy atom. The first-order valence-electron chi connectivity index (χ1n) is 12.0. The van der Waals surface area contributed by atoms with Gasteiger partial charge in [0.05, 0.1) is 18.8 Å². The molecule has 0 spiro atoms. The lowest BCUT2D eigenvalue weighted by molar-refractivity contribution is -0.129. The molecule has 1 saturated heterocycles. The normalized spacial score (nSPS) is 16.6. The number of Topliss-reactive ketones (excluding diaryl/α,β-unsaturated/α-hetero) is 1. The molecule has 1 heterocycles. The topological polar surface area (TPSA) is 70.7 Å². The maximum absolute atomic E-state index is 12.8. The van der Waals surface area contributed by atoms with Crippen molar-refractivity contribution in [1.82, 2.24) is 10.2 Å². The van der Waals surface area contributed by atoms with Gasteiger partial charge in [-0.05, 0) is 63.4 Å². The number of carbonyl (C=O) groups is 2. The van der Waals surface area contributed by atoms with Crippen molar-refractivity contribution in [2.24, 2.45) is 5.41 Å². The maximum atomic E-state index is 12.8. The molecule has 1 aliphatic rings. The van der Waals surface area contributed by atoms with E-state index in [0.717, 1.165) is 57.3 Å². The van der Waals surface area contributed by atoms with Crippen LogP contribution in [0.5, 0.6) is 5.75 Å². The summed E-state index contributed by atoms with van der Waals surface area (Å²) in [6, 6.07) is 17.1. The fourth-order valence-corrected chi connectivity index (χ4v) is 4.85. The van der Waals surface area contributed by atoms with Crippen molar-refractivity contribution in [2.45, 2.75) is 52.0 Å². The van der Waals surface area contributed by atoms with Crippen LogP contribution in [0.15, 0.2) is 54.6 Å². The average Bonchev–Trinajstić information content (AvgIpc) is 2.83. The van der Waals surface area contributed by atoms with E-state index in [1.807, 2.05) is 54.6 Å². The SMILES string of the molecule is CCCC1(C(C)=O)CCN(CCC(NC(=O)Nc2ccccc2OC)c2ccccc2)CC1. The summed E-state index contributed by atoms with van der Waals surface area (Å²) >= 11 is 0. The Morgan fingerprint density at radius 2 is 1.73 bits per heavy atom. The fraction of sp³-hybridized carbons (Fsp3) is 0.481. The molecule has 0 aromatic heterocycles. The van der Waals surface area contributed by atoms with Crippen LogP contribution < -0.4 is 15.4 Å². The number of urea groups is 1. The summed E-state index contributed by atoms with van der Waals surface area (Å²) in [6.07, 6.45) is 4.67. The third-order valence-corrected chi connectivity index (χ3v) is 6.89. The van der Waals surface area contributed by atoms with E-state index in [4.69, 9.17) is 4.74 Å². The predicted octanol–water partition coefficient (Wildman–Crippen LogP) is 5.42. The number of benzene rings is 2. The van der Waals surface area contributed by atoms with Crippen LogP contribution in [-0.2, 0) is 4.79 Å². The molecule has 2 aromatic rings. The minimum atomic E-state index is -0.259. The smallest absolute Gasteiger partial charge is 0.319 e. The lowest BCUT2D eigenvalue weighted by Crippen LogP contribution is -2.44. The molecular formula is C27H37N3O3. The lowest BCUT2D eigenvalue weighted by atomic mass is 9.72. The van der Waals surface area contributed by atoms with Crippen molar-refractivity contribution in [3.05, 3.63) is 60.2 Å². The summed E-state index contributed by atoms with van der Waals surface area (Å²) in [5.74, 6) is 0.958. The number of nitrogens with one attached hydrogen (secondary N) is 2. The number of nitrogens with zero attached hydrogens (tertiary/aromatic N) is 1. The van der Waals surface area contributed by atoms with E-state index >= 15 is 0 Å². The second-order valence-electron chi connectivity index (χ2n) is 8.98. The number of piperidine rings is 1. The quantitative estimate of drug-likeness (QED) is 0.506. The molecule has 1 atom stereocenters. The molecule has 33 heavy (non-hydrogen) atoms. The summed E-state index contributed by atoms with van der Waals surface area (Å²) in [5, 5.41) is 6.05. The minimum absolute atomic E-state index is 0.115. The van der Waals surface area contributed by atoms with Crippen LogP contribution in [0.4, 0.5) is 10.5 Å². The first-order valence-corrected chi connectivity index (χ1v) is 12.0. The third kappa shape index (κ3) is 6.57. The molecule has 0 bridgehead atoms. The number of para-hydroxylation sites is 2. The van der Waals surface area contributed by atoms with E-state index < -0.39 is 0 Å². The van der Waals surface area contributed by atoms with Crippen LogP contribution in [-0.4, -0.2) is 43.5 Å². The van der Waals surface area contributed by atoms with Crippen molar-refractivity contribution in [3.63, 3.8) is 0 Å². The highest BCUT2D eigenvalue weighted by atomic mass is 16.5. The molecule has 6 nitrogen and oxygen atoms in total. The van der Waals surface area contributed by atoms with Gasteiger partial charge in [0.25, 0.3) is 0 Å². The van der Waals surface area contributed by atoms with E-state index in [9.17, 15) is 9.59 Å². The van der Waals surface area contributed by atoms with Gasteiger partial charge in [-0.1, -0.05) is 55.8 Å². The van der Waals surface area contributed by atoms with Crippen LogP contribution in [0.1, 0.15) is 57.6 Å². The van der Waals surface area contributed by atoms with Crippen molar-refractivity contribution in [1.29, 1.82) is 0 Å². The lowest BCUT2D eigenvalue weighted by Gasteiger charge is -2.40. The molecular weight excluding hydrogens is 414 g/mol. The van der Waals surface area contributed by atoms with Gasteiger partial charge in [0.1, 0.15) is 11.5 Å². The van der Waals surface area contributed by atoms with Gasteiger partial charge in [0.2, 0.25) is 0 Å². The number of methoxy groups -OCH3 is 1. The predicted molar refractivity (Wildman–Crippen MR) is 133 cm³/mol. The molecule has 2 aromatic carbocycles. The van der Waals surface area contributed by atoms with E-state index in [0.29, 0.717) is 17.2 Å². The number of ketones is 1. The van der Waals surface area contributed by atoms with Gasteiger partial charge >= 0.3 is 6.03 Å².